The van der Waals surface area contributed by atoms with Crippen LogP contribution >= 0.6 is 11.6 Å². The Kier molecular flexibility index (Phi) is 4.79. The smallest absolute Gasteiger partial charge is 0.270 e. The predicted octanol–water partition coefficient (Wildman–Crippen LogP) is 2.47. The highest BCUT2D eigenvalue weighted by Gasteiger charge is 2.22. The van der Waals surface area contributed by atoms with E-state index >= 15 is 0 Å². The van der Waals surface area contributed by atoms with Crippen molar-refractivity contribution in [3.8, 4) is 0 Å². The Balaban J connectivity index is 1.82. The number of hydrogen-bond donors (Lipinski definition) is 1. The zero-order valence-corrected chi connectivity index (χ0v) is 13.3. The van der Waals surface area contributed by atoms with E-state index in [1.54, 1.807) is 35.4 Å². The molecule has 2 heterocycles. The summed E-state index contributed by atoms with van der Waals surface area (Å²) in [5.74, 6) is -0.522. The first-order chi connectivity index (χ1) is 11.2. The second-order valence-corrected chi connectivity index (χ2v) is 5.86. The number of hydrogen-bond acceptors (Lipinski definition) is 3. The third-order valence-electron chi connectivity index (χ3n) is 3.94. The van der Waals surface area contributed by atoms with Gasteiger partial charge in [0.05, 0.1) is 19.1 Å². The Labute approximate surface area is 139 Å². The molecule has 1 saturated heterocycles. The fourth-order valence-corrected chi connectivity index (χ4v) is 2.90. The van der Waals surface area contributed by atoms with Crippen LogP contribution in [0, 0.1) is 0 Å². The van der Waals surface area contributed by atoms with Gasteiger partial charge in [0, 0.05) is 24.3 Å². The molecule has 5 nitrogen and oxygen atoms in total. The summed E-state index contributed by atoms with van der Waals surface area (Å²) in [5.41, 5.74) is 2.03. The number of morpholine rings is 1. The van der Waals surface area contributed by atoms with Gasteiger partial charge in [-0.3, -0.25) is 4.79 Å². The molecular formula is C17H17ClN2O3. The summed E-state index contributed by atoms with van der Waals surface area (Å²) in [6.07, 6.45) is 2.56. The minimum absolute atomic E-state index is 0.0738. The molecule has 1 atom stereocenters. The summed E-state index contributed by atoms with van der Waals surface area (Å²) >= 11 is 5.99. The molecule has 6 heteroatoms. The lowest BCUT2D eigenvalue weighted by Gasteiger charge is -2.26. The van der Waals surface area contributed by atoms with Crippen LogP contribution < -0.4 is 0 Å². The summed E-state index contributed by atoms with van der Waals surface area (Å²) in [4.78, 5) is 28.7. The van der Waals surface area contributed by atoms with Gasteiger partial charge in [0.2, 0.25) is 0 Å². The van der Waals surface area contributed by atoms with Gasteiger partial charge in [0.1, 0.15) is 12.0 Å². The number of H-pyrrole nitrogens is 1. The molecule has 1 aromatic heterocycles. The van der Waals surface area contributed by atoms with E-state index in [1.165, 1.54) is 0 Å². The average Bonchev–Trinajstić information content (AvgIpc) is 3.05. The number of nitrogens with zero attached hydrogens (tertiary/aromatic N) is 1. The molecule has 0 saturated carbocycles. The Morgan fingerprint density at radius 3 is 2.74 bits per heavy atom. The number of carbonyl (C=O) groups excluding carboxylic acids is 2. The number of rotatable bonds is 4. The van der Waals surface area contributed by atoms with Crippen LogP contribution in [0.4, 0.5) is 0 Å². The number of aromatic nitrogens is 1. The molecule has 120 valence electrons. The maximum absolute atomic E-state index is 12.4. The van der Waals surface area contributed by atoms with Crippen LogP contribution in [0.5, 0.6) is 0 Å². The Bertz CT molecular complexity index is 707. The maximum Gasteiger partial charge on any atom is 0.270 e. The summed E-state index contributed by atoms with van der Waals surface area (Å²) in [6, 6.07) is 8.91. The molecule has 1 fully saturated rings. The standard InChI is InChI=1S/C17H17ClN2O3/c18-14-3-1-2-12(8-14)15(11-21)13-9-16(19-10-13)17(22)20-4-6-23-7-5-20/h1-3,8-11,15,19H,4-7H2. The predicted molar refractivity (Wildman–Crippen MR) is 86.9 cm³/mol. The Morgan fingerprint density at radius 2 is 2.04 bits per heavy atom. The minimum atomic E-state index is -0.448. The van der Waals surface area contributed by atoms with Crippen LogP contribution in [0.2, 0.25) is 5.02 Å². The zero-order valence-electron chi connectivity index (χ0n) is 12.5. The molecule has 1 aliphatic rings. The molecule has 2 aromatic rings. The lowest BCUT2D eigenvalue weighted by molar-refractivity contribution is -0.108. The van der Waals surface area contributed by atoms with Crippen molar-refractivity contribution in [1.29, 1.82) is 0 Å². The highest BCUT2D eigenvalue weighted by molar-refractivity contribution is 6.30. The van der Waals surface area contributed by atoms with E-state index in [9.17, 15) is 9.59 Å². The number of amides is 1. The maximum atomic E-state index is 12.4. The van der Waals surface area contributed by atoms with Crippen molar-refractivity contribution < 1.29 is 14.3 Å². The number of aldehydes is 1. The van der Waals surface area contributed by atoms with E-state index in [1.807, 2.05) is 6.07 Å². The third-order valence-corrected chi connectivity index (χ3v) is 4.17. The molecule has 1 N–H and O–H groups in total. The van der Waals surface area contributed by atoms with Gasteiger partial charge in [-0.25, -0.2) is 0 Å². The van der Waals surface area contributed by atoms with Gasteiger partial charge in [-0.2, -0.15) is 0 Å². The fraction of sp³-hybridized carbons (Fsp3) is 0.294. The molecule has 1 aromatic carbocycles. The van der Waals surface area contributed by atoms with Crippen molar-refractivity contribution in [2.45, 2.75) is 5.92 Å². The zero-order chi connectivity index (χ0) is 16.2. The van der Waals surface area contributed by atoms with E-state index in [-0.39, 0.29) is 5.91 Å². The molecule has 1 unspecified atom stereocenters. The van der Waals surface area contributed by atoms with Crippen molar-refractivity contribution in [3.63, 3.8) is 0 Å². The largest absolute Gasteiger partial charge is 0.378 e. The first-order valence-electron chi connectivity index (χ1n) is 7.45. The average molecular weight is 333 g/mol. The fourth-order valence-electron chi connectivity index (χ4n) is 2.70. The highest BCUT2D eigenvalue weighted by Crippen LogP contribution is 2.26. The van der Waals surface area contributed by atoms with Gasteiger partial charge < -0.3 is 19.4 Å². The SMILES string of the molecule is O=CC(c1cccc(Cl)c1)c1c[nH]c(C(=O)N2CCOCC2)c1. The monoisotopic (exact) mass is 332 g/mol. The number of carbonyl (C=O) groups is 2. The van der Waals surface area contributed by atoms with Crippen LogP contribution in [0.15, 0.2) is 36.5 Å². The summed E-state index contributed by atoms with van der Waals surface area (Å²) in [7, 11) is 0. The number of benzene rings is 1. The lowest BCUT2D eigenvalue weighted by Crippen LogP contribution is -2.40. The van der Waals surface area contributed by atoms with E-state index in [4.69, 9.17) is 16.3 Å². The van der Waals surface area contributed by atoms with Crippen LogP contribution in [-0.4, -0.2) is 48.4 Å². The van der Waals surface area contributed by atoms with Gasteiger partial charge in [-0.05, 0) is 29.3 Å². The third kappa shape index (κ3) is 3.46. The first-order valence-corrected chi connectivity index (χ1v) is 7.83. The van der Waals surface area contributed by atoms with Crippen LogP contribution in [0.25, 0.3) is 0 Å². The van der Waals surface area contributed by atoms with Crippen LogP contribution in [-0.2, 0) is 9.53 Å². The molecule has 1 amide bonds. The molecule has 0 spiro atoms. The Hall–Kier alpha value is -2.11. The van der Waals surface area contributed by atoms with E-state index in [2.05, 4.69) is 4.98 Å². The quantitative estimate of drug-likeness (QED) is 0.875. The summed E-state index contributed by atoms with van der Waals surface area (Å²) < 4.78 is 5.25. The molecule has 3 rings (SSSR count). The molecule has 23 heavy (non-hydrogen) atoms. The van der Waals surface area contributed by atoms with Gasteiger partial charge in [-0.15, -0.1) is 0 Å². The number of aromatic amines is 1. The number of halogens is 1. The van der Waals surface area contributed by atoms with Crippen molar-refractivity contribution >= 4 is 23.8 Å². The van der Waals surface area contributed by atoms with Crippen LogP contribution in [0.3, 0.4) is 0 Å². The van der Waals surface area contributed by atoms with Gasteiger partial charge in [0.25, 0.3) is 5.91 Å². The first kappa shape index (κ1) is 15.8. The van der Waals surface area contributed by atoms with E-state index in [0.717, 1.165) is 17.4 Å². The van der Waals surface area contributed by atoms with Crippen molar-refractivity contribution in [2.24, 2.45) is 0 Å². The van der Waals surface area contributed by atoms with Gasteiger partial charge in [-0.1, -0.05) is 23.7 Å². The second-order valence-electron chi connectivity index (χ2n) is 5.42. The molecule has 1 aliphatic heterocycles. The molecule has 0 radical (unpaired) electrons. The molecular weight excluding hydrogens is 316 g/mol. The van der Waals surface area contributed by atoms with E-state index < -0.39 is 5.92 Å². The summed E-state index contributed by atoms with van der Waals surface area (Å²) in [5, 5.41) is 0.578. The number of nitrogens with one attached hydrogen (secondary N) is 1. The van der Waals surface area contributed by atoms with Gasteiger partial charge in [0.15, 0.2) is 0 Å². The van der Waals surface area contributed by atoms with Crippen molar-refractivity contribution in [3.05, 3.63) is 58.4 Å². The molecule has 0 aliphatic carbocycles. The van der Waals surface area contributed by atoms with Crippen molar-refractivity contribution in [1.82, 2.24) is 9.88 Å². The van der Waals surface area contributed by atoms with E-state index in [0.29, 0.717) is 37.0 Å². The summed E-state index contributed by atoms with van der Waals surface area (Å²) in [6.45, 7) is 2.27. The Morgan fingerprint density at radius 1 is 1.26 bits per heavy atom. The second kappa shape index (κ2) is 6.98. The number of ether oxygens (including phenoxy) is 1. The highest BCUT2D eigenvalue weighted by atomic mass is 35.5. The van der Waals surface area contributed by atoms with Crippen molar-refractivity contribution in [2.75, 3.05) is 26.3 Å². The topological polar surface area (TPSA) is 62.4 Å². The minimum Gasteiger partial charge on any atom is -0.378 e. The normalized spacial score (nSPS) is 16.1. The lowest BCUT2D eigenvalue weighted by atomic mass is 9.94. The molecule has 0 bridgehead atoms. The van der Waals surface area contributed by atoms with Crippen LogP contribution in [0.1, 0.15) is 27.5 Å². The van der Waals surface area contributed by atoms with Gasteiger partial charge >= 0.3 is 0 Å².